The normalized spacial score (nSPS) is 8.82. The molecule has 0 amide bonds. The van der Waals surface area contributed by atoms with Crippen molar-refractivity contribution in [3.8, 4) is 0 Å². The Labute approximate surface area is 338 Å². The van der Waals surface area contributed by atoms with Crippen LogP contribution < -0.4 is 0 Å². The largest absolute Gasteiger partial charge is 0.261 e. The average Bonchev–Trinajstić information content (AvgIpc) is 3.27. The van der Waals surface area contributed by atoms with Crippen LogP contribution in [-0.2, 0) is 0 Å². The van der Waals surface area contributed by atoms with E-state index >= 15 is 0 Å². The van der Waals surface area contributed by atoms with E-state index < -0.39 is 0 Å². The molecule has 0 bridgehead atoms. The van der Waals surface area contributed by atoms with Crippen LogP contribution in [0.1, 0.15) is 197 Å². The van der Waals surface area contributed by atoms with Crippen LogP contribution in [0.4, 0.5) is 0 Å². The highest BCUT2D eigenvalue weighted by molar-refractivity contribution is 5.09. The maximum Gasteiger partial charge on any atom is 0.130 e. The minimum Gasteiger partial charge on any atom is -0.261 e. The average molecular weight is 761 g/mol. The molecule has 0 aliphatic carbocycles. The lowest BCUT2D eigenvalue weighted by Gasteiger charge is -2.00. The van der Waals surface area contributed by atoms with Crippen molar-refractivity contribution in [2.75, 3.05) is 0 Å². The Morgan fingerprint density at radius 3 is 1.20 bits per heavy atom. The fraction of sp³-hybridized carbons (Fsp3) is 0.556. The first-order valence-corrected chi connectivity index (χ1v) is 20.4. The molecule has 0 spiro atoms. The van der Waals surface area contributed by atoms with Gasteiger partial charge in [0.25, 0.3) is 0 Å². The summed E-state index contributed by atoms with van der Waals surface area (Å²) < 4.78 is 0. The van der Waals surface area contributed by atoms with Gasteiger partial charge in [0.2, 0.25) is 0 Å². The lowest BCUT2D eigenvalue weighted by atomic mass is 10.1. The van der Waals surface area contributed by atoms with Gasteiger partial charge in [-0.3, -0.25) is 9.97 Å². The third kappa shape index (κ3) is 36.2. The van der Waals surface area contributed by atoms with Gasteiger partial charge in [-0.2, -0.15) is 20.4 Å². The molecule has 0 aromatic carbocycles. The number of hydrogen-bond donors (Lipinski definition) is 0. The predicted octanol–water partition coefficient (Wildman–Crippen LogP) is 13.1. The molecule has 0 aliphatic rings. The quantitative estimate of drug-likeness (QED) is 0.171. The molecular formula is C45H80N10. The van der Waals surface area contributed by atoms with Gasteiger partial charge in [0, 0.05) is 61.2 Å². The molecule has 10 nitrogen and oxygen atoms in total. The van der Waals surface area contributed by atoms with Crippen molar-refractivity contribution in [2.24, 2.45) is 0 Å². The topological polar surface area (TPSA) is 129 Å². The molecule has 5 aromatic heterocycles. The molecular weight excluding hydrogens is 681 g/mol. The zero-order valence-electron chi connectivity index (χ0n) is 38.5. The Morgan fingerprint density at radius 1 is 0.364 bits per heavy atom. The highest BCUT2D eigenvalue weighted by Crippen LogP contribution is 2.10. The van der Waals surface area contributed by atoms with E-state index in [1.54, 1.807) is 62.1 Å². The Balaban J connectivity index is -0.000000179. The Bertz CT molecular complexity index is 1100. The summed E-state index contributed by atoms with van der Waals surface area (Å²) in [7, 11) is 0. The highest BCUT2D eigenvalue weighted by Gasteiger charge is 1.99. The molecule has 0 N–H and O–H groups in total. The molecule has 310 valence electrons. The van der Waals surface area contributed by atoms with Crippen molar-refractivity contribution in [3.05, 3.63) is 121 Å². The van der Waals surface area contributed by atoms with E-state index in [1.165, 1.54) is 5.56 Å². The van der Waals surface area contributed by atoms with Crippen LogP contribution in [0.15, 0.2) is 92.4 Å². The van der Waals surface area contributed by atoms with Crippen LogP contribution in [0, 0.1) is 0 Å². The highest BCUT2D eigenvalue weighted by atomic mass is 15.1. The van der Waals surface area contributed by atoms with Crippen molar-refractivity contribution in [1.82, 2.24) is 50.3 Å². The van der Waals surface area contributed by atoms with Gasteiger partial charge >= 0.3 is 0 Å². The molecule has 0 saturated heterocycles. The van der Waals surface area contributed by atoms with Crippen molar-refractivity contribution >= 4 is 0 Å². The molecule has 5 heterocycles. The maximum absolute atomic E-state index is 4.12. The smallest absolute Gasteiger partial charge is 0.130 e. The van der Waals surface area contributed by atoms with E-state index in [0.29, 0.717) is 29.6 Å². The Kier molecular flexibility index (Phi) is 49.4. The third-order valence-electron chi connectivity index (χ3n) is 5.93. The first-order valence-electron chi connectivity index (χ1n) is 20.4. The maximum atomic E-state index is 4.12. The summed E-state index contributed by atoms with van der Waals surface area (Å²) in [4.78, 5) is 24.1. The van der Waals surface area contributed by atoms with E-state index in [9.17, 15) is 0 Å². The lowest BCUT2D eigenvalue weighted by Crippen LogP contribution is -1.93. The third-order valence-corrected chi connectivity index (χ3v) is 5.93. The molecule has 5 aromatic rings. The number of aromatic nitrogens is 10. The van der Waals surface area contributed by atoms with Gasteiger partial charge in [0.05, 0.1) is 17.6 Å². The van der Waals surface area contributed by atoms with Crippen LogP contribution in [-0.4, -0.2) is 50.3 Å². The summed E-state index contributed by atoms with van der Waals surface area (Å²) >= 11 is 0. The van der Waals surface area contributed by atoms with E-state index in [0.717, 1.165) is 22.9 Å². The first-order chi connectivity index (χ1) is 26.5. The summed E-state index contributed by atoms with van der Waals surface area (Å²) in [5.74, 6) is 3.38. The summed E-state index contributed by atoms with van der Waals surface area (Å²) in [5.41, 5.74) is 4.45. The van der Waals surface area contributed by atoms with Gasteiger partial charge < -0.3 is 0 Å². The van der Waals surface area contributed by atoms with Gasteiger partial charge in [-0.15, -0.1) is 0 Å². The van der Waals surface area contributed by atoms with Gasteiger partial charge in [0.15, 0.2) is 0 Å². The summed E-state index contributed by atoms with van der Waals surface area (Å²) in [5, 5.41) is 15.1. The number of hydrogen-bond acceptors (Lipinski definition) is 10. The van der Waals surface area contributed by atoms with Gasteiger partial charge in [0.1, 0.15) is 12.2 Å². The van der Waals surface area contributed by atoms with E-state index in [1.807, 2.05) is 99.6 Å². The van der Waals surface area contributed by atoms with Crippen molar-refractivity contribution in [2.45, 2.75) is 168 Å². The second kappa shape index (κ2) is 45.6. The minimum atomic E-state index is 0.436. The van der Waals surface area contributed by atoms with E-state index in [4.69, 9.17) is 0 Å². The molecule has 5 rings (SSSR count). The summed E-state index contributed by atoms with van der Waals surface area (Å²) in [6, 6.07) is 9.63. The van der Waals surface area contributed by atoms with Gasteiger partial charge in [-0.05, 0) is 59.6 Å². The molecule has 0 fully saturated rings. The molecule has 55 heavy (non-hydrogen) atoms. The van der Waals surface area contributed by atoms with E-state index in [-0.39, 0.29) is 0 Å². The van der Waals surface area contributed by atoms with Crippen molar-refractivity contribution in [1.29, 1.82) is 0 Å². The molecule has 0 aliphatic heterocycles. The van der Waals surface area contributed by atoms with Crippen LogP contribution in [0.3, 0.4) is 0 Å². The predicted molar refractivity (Wildman–Crippen MR) is 237 cm³/mol. The monoisotopic (exact) mass is 761 g/mol. The van der Waals surface area contributed by atoms with Crippen LogP contribution in [0.25, 0.3) is 0 Å². The van der Waals surface area contributed by atoms with Gasteiger partial charge in [-0.1, -0.05) is 138 Å². The second-order valence-corrected chi connectivity index (χ2v) is 11.5. The zero-order valence-corrected chi connectivity index (χ0v) is 38.5. The van der Waals surface area contributed by atoms with Gasteiger partial charge in [-0.25, -0.2) is 19.9 Å². The number of rotatable bonds is 5. The second-order valence-electron chi connectivity index (χ2n) is 11.5. The number of nitrogens with zero attached hydrogens (tertiary/aromatic N) is 10. The summed E-state index contributed by atoms with van der Waals surface area (Å²) in [6.07, 6.45) is 17.3. The first kappa shape index (κ1) is 59.7. The SMILES string of the molecule is CC.CC.CC.CC.CC.CC(C)c1cccnn1.CC(C)c1ccncn1.CC(C)c1ccnnc1.CC(C)c1cnccn1.CC(C)c1ncccn1. The standard InChI is InChI=1S/5C7H10N2.5C2H6/c1-6(2)7-5-8-3-4-9-7;1-6(2)7-3-4-8-5-9-7;1-6(2)7-3-4-8-9-5-7;1-6(2)7-8-4-3-5-9-7;1-6(2)7-4-3-5-8-9-7;5*1-2/h5*3-6H,1-2H3;5*1-2H3. The molecule has 0 radical (unpaired) electrons. The fourth-order valence-electron chi connectivity index (χ4n) is 3.12. The van der Waals surface area contributed by atoms with Crippen molar-refractivity contribution in [3.63, 3.8) is 0 Å². The fourth-order valence-corrected chi connectivity index (χ4v) is 3.12. The molecule has 0 atom stereocenters. The molecule has 0 unspecified atom stereocenters. The van der Waals surface area contributed by atoms with Crippen LogP contribution in [0.5, 0.6) is 0 Å². The molecule has 10 heteroatoms. The Hall–Kier alpha value is -4.60. The molecule has 0 saturated carbocycles. The lowest BCUT2D eigenvalue weighted by molar-refractivity contribution is 0.774. The minimum absolute atomic E-state index is 0.436. The van der Waals surface area contributed by atoms with Crippen LogP contribution >= 0.6 is 0 Å². The van der Waals surface area contributed by atoms with Crippen molar-refractivity contribution < 1.29 is 0 Å². The van der Waals surface area contributed by atoms with E-state index in [2.05, 4.69) is 120 Å². The van der Waals surface area contributed by atoms with Crippen LogP contribution in [0.2, 0.25) is 0 Å². The summed E-state index contributed by atoms with van der Waals surface area (Å²) in [6.45, 7) is 41.1. The zero-order chi connectivity index (χ0) is 43.5. The Morgan fingerprint density at radius 2 is 0.927 bits per heavy atom.